The van der Waals surface area contributed by atoms with E-state index < -0.39 is 0 Å². The monoisotopic (exact) mass is 408 g/mol. The molecule has 0 bridgehead atoms. The third-order valence-electron chi connectivity index (χ3n) is 4.37. The standard InChI is InChI=1S/C22H17BrOS/c1-24-17-10-11-18-19(15-6-3-2-4-7-15)13-20-16(14-23)8-5-9-21(20)25-22(18)12-17/h2-13H,14H2,1H3. The van der Waals surface area contributed by atoms with Gasteiger partial charge in [-0.05, 0) is 58.2 Å². The van der Waals surface area contributed by atoms with Crippen molar-refractivity contribution in [3.05, 3.63) is 89.0 Å². The lowest BCUT2D eigenvalue weighted by molar-refractivity contribution is 0.413. The zero-order chi connectivity index (χ0) is 17.2. The number of halogens is 1. The van der Waals surface area contributed by atoms with E-state index in [-0.39, 0.29) is 0 Å². The summed E-state index contributed by atoms with van der Waals surface area (Å²) in [5.41, 5.74) is 6.31. The maximum atomic E-state index is 5.45. The van der Waals surface area contributed by atoms with Gasteiger partial charge in [0.15, 0.2) is 0 Å². The Bertz CT molecular complexity index is 947. The molecule has 0 saturated carbocycles. The molecule has 0 aromatic heterocycles. The van der Waals surface area contributed by atoms with Crippen LogP contribution in [0.1, 0.15) is 22.3 Å². The molecule has 0 fully saturated rings. The number of ether oxygens (including phenoxy) is 1. The number of rotatable bonds is 3. The summed E-state index contributed by atoms with van der Waals surface area (Å²) in [7, 11) is 1.72. The van der Waals surface area contributed by atoms with Gasteiger partial charge in [0.25, 0.3) is 0 Å². The van der Waals surface area contributed by atoms with Gasteiger partial charge in [0.2, 0.25) is 0 Å². The molecular formula is C22H17BrOS. The number of methoxy groups -OCH3 is 1. The molecule has 3 aromatic carbocycles. The van der Waals surface area contributed by atoms with E-state index in [1.807, 2.05) is 17.8 Å². The molecule has 0 spiro atoms. The highest BCUT2D eigenvalue weighted by atomic mass is 79.9. The largest absolute Gasteiger partial charge is 0.497 e. The van der Waals surface area contributed by atoms with Crippen LogP contribution in [0.2, 0.25) is 0 Å². The third kappa shape index (κ3) is 3.14. The van der Waals surface area contributed by atoms with Crippen LogP contribution in [-0.2, 0) is 5.33 Å². The van der Waals surface area contributed by atoms with E-state index >= 15 is 0 Å². The first kappa shape index (κ1) is 16.5. The van der Waals surface area contributed by atoms with Gasteiger partial charge in [-0.3, -0.25) is 0 Å². The lowest BCUT2D eigenvalue weighted by Crippen LogP contribution is -1.91. The Hall–Kier alpha value is -1.97. The van der Waals surface area contributed by atoms with Crippen LogP contribution in [0.3, 0.4) is 0 Å². The maximum absolute atomic E-state index is 5.45. The van der Waals surface area contributed by atoms with E-state index in [1.54, 1.807) is 7.11 Å². The smallest absolute Gasteiger partial charge is 0.120 e. The molecule has 0 radical (unpaired) electrons. The summed E-state index contributed by atoms with van der Waals surface area (Å²) in [5, 5.41) is 0.842. The van der Waals surface area contributed by atoms with Crippen molar-refractivity contribution in [1.29, 1.82) is 0 Å². The second kappa shape index (κ2) is 7.11. The van der Waals surface area contributed by atoms with Gasteiger partial charge in [-0.2, -0.15) is 0 Å². The maximum Gasteiger partial charge on any atom is 0.120 e. The molecule has 0 N–H and O–H groups in total. The van der Waals surface area contributed by atoms with Gasteiger partial charge < -0.3 is 4.74 Å². The summed E-state index contributed by atoms with van der Waals surface area (Å²) < 4.78 is 5.45. The van der Waals surface area contributed by atoms with E-state index in [2.05, 4.69) is 82.7 Å². The van der Waals surface area contributed by atoms with Crippen LogP contribution in [0.25, 0.3) is 11.6 Å². The summed E-state index contributed by atoms with van der Waals surface area (Å²) in [6.07, 6.45) is 2.33. The average Bonchev–Trinajstić information content (AvgIpc) is 2.84. The highest BCUT2D eigenvalue weighted by molar-refractivity contribution is 9.08. The number of hydrogen-bond donors (Lipinski definition) is 0. The first-order chi connectivity index (χ1) is 12.3. The predicted molar refractivity (Wildman–Crippen MR) is 110 cm³/mol. The van der Waals surface area contributed by atoms with Crippen molar-refractivity contribution < 1.29 is 4.74 Å². The fourth-order valence-corrected chi connectivity index (χ4v) is 4.73. The Morgan fingerprint density at radius 1 is 0.920 bits per heavy atom. The van der Waals surface area contributed by atoms with Gasteiger partial charge in [-0.1, -0.05) is 70.2 Å². The molecular weight excluding hydrogens is 392 g/mol. The lowest BCUT2D eigenvalue weighted by Gasteiger charge is -2.12. The lowest BCUT2D eigenvalue weighted by atomic mass is 9.94. The Balaban J connectivity index is 2.00. The molecule has 124 valence electrons. The Morgan fingerprint density at radius 3 is 2.52 bits per heavy atom. The molecule has 0 amide bonds. The SMILES string of the molecule is COc1ccc2c(c1)Sc1cccc(CBr)c1C=C2c1ccccc1. The second-order valence-corrected chi connectivity index (χ2v) is 7.50. The minimum absolute atomic E-state index is 0.842. The Morgan fingerprint density at radius 2 is 1.76 bits per heavy atom. The Labute approximate surface area is 160 Å². The van der Waals surface area contributed by atoms with Crippen molar-refractivity contribution in [2.24, 2.45) is 0 Å². The molecule has 25 heavy (non-hydrogen) atoms. The first-order valence-corrected chi connectivity index (χ1v) is 10.0. The molecule has 0 unspecified atom stereocenters. The average molecular weight is 409 g/mol. The van der Waals surface area contributed by atoms with Crippen LogP contribution in [0.5, 0.6) is 5.75 Å². The molecule has 3 aromatic rings. The third-order valence-corrected chi connectivity index (χ3v) is 6.11. The zero-order valence-corrected chi connectivity index (χ0v) is 16.2. The molecule has 1 heterocycles. The highest BCUT2D eigenvalue weighted by Gasteiger charge is 2.19. The predicted octanol–water partition coefficient (Wildman–Crippen LogP) is 6.64. The van der Waals surface area contributed by atoms with Gasteiger partial charge in [0.05, 0.1) is 7.11 Å². The molecule has 1 nitrogen and oxygen atoms in total. The van der Waals surface area contributed by atoms with E-state index in [0.717, 1.165) is 11.1 Å². The first-order valence-electron chi connectivity index (χ1n) is 8.11. The molecule has 0 saturated heterocycles. The van der Waals surface area contributed by atoms with Crippen LogP contribution in [0.4, 0.5) is 0 Å². The highest BCUT2D eigenvalue weighted by Crippen LogP contribution is 2.44. The molecule has 1 aliphatic rings. The summed E-state index contributed by atoms with van der Waals surface area (Å²) >= 11 is 5.45. The van der Waals surface area contributed by atoms with Crippen molar-refractivity contribution in [2.45, 2.75) is 15.1 Å². The summed E-state index contributed by atoms with van der Waals surface area (Å²) in [6.45, 7) is 0. The van der Waals surface area contributed by atoms with E-state index in [9.17, 15) is 0 Å². The number of benzene rings is 3. The van der Waals surface area contributed by atoms with Gasteiger partial charge in [-0.25, -0.2) is 0 Å². The summed E-state index contributed by atoms with van der Waals surface area (Å²) in [5.74, 6) is 0.888. The quantitative estimate of drug-likeness (QED) is 0.351. The van der Waals surface area contributed by atoms with Crippen molar-refractivity contribution in [2.75, 3.05) is 7.11 Å². The second-order valence-electron chi connectivity index (χ2n) is 5.85. The fourth-order valence-electron chi connectivity index (χ4n) is 3.09. The van der Waals surface area contributed by atoms with Crippen molar-refractivity contribution in [1.82, 2.24) is 0 Å². The van der Waals surface area contributed by atoms with Crippen molar-refractivity contribution in [3.63, 3.8) is 0 Å². The minimum Gasteiger partial charge on any atom is -0.497 e. The molecule has 3 heteroatoms. The van der Waals surface area contributed by atoms with E-state index in [1.165, 1.54) is 37.6 Å². The van der Waals surface area contributed by atoms with Crippen LogP contribution in [0, 0.1) is 0 Å². The van der Waals surface area contributed by atoms with Crippen LogP contribution < -0.4 is 4.74 Å². The van der Waals surface area contributed by atoms with Crippen molar-refractivity contribution in [3.8, 4) is 5.75 Å². The van der Waals surface area contributed by atoms with E-state index in [4.69, 9.17) is 4.74 Å². The summed E-state index contributed by atoms with van der Waals surface area (Å²) in [4.78, 5) is 2.50. The minimum atomic E-state index is 0.842. The van der Waals surface area contributed by atoms with Crippen molar-refractivity contribution >= 4 is 39.3 Å². The van der Waals surface area contributed by atoms with E-state index in [0.29, 0.717) is 0 Å². The van der Waals surface area contributed by atoms with Crippen LogP contribution >= 0.6 is 27.7 Å². The van der Waals surface area contributed by atoms with Gasteiger partial charge in [0, 0.05) is 15.1 Å². The molecule has 0 atom stereocenters. The van der Waals surface area contributed by atoms with Gasteiger partial charge in [-0.15, -0.1) is 0 Å². The molecule has 0 aliphatic carbocycles. The topological polar surface area (TPSA) is 9.23 Å². The van der Waals surface area contributed by atoms with Gasteiger partial charge >= 0.3 is 0 Å². The van der Waals surface area contributed by atoms with Gasteiger partial charge in [0.1, 0.15) is 5.75 Å². The zero-order valence-electron chi connectivity index (χ0n) is 13.8. The van der Waals surface area contributed by atoms with Crippen LogP contribution in [-0.4, -0.2) is 7.11 Å². The fraction of sp³-hybridized carbons (Fsp3) is 0.0909. The molecule has 4 rings (SSSR count). The number of alkyl halides is 1. The Kier molecular flexibility index (Phi) is 4.69. The summed E-state index contributed by atoms with van der Waals surface area (Å²) in [6, 6.07) is 23.4. The van der Waals surface area contributed by atoms with Crippen LogP contribution in [0.15, 0.2) is 76.5 Å². The number of hydrogen-bond acceptors (Lipinski definition) is 2. The normalized spacial score (nSPS) is 12.6. The number of fused-ring (bicyclic) bond motifs is 2. The molecule has 1 aliphatic heterocycles.